The summed E-state index contributed by atoms with van der Waals surface area (Å²) in [5.74, 6) is -0.994. The number of aromatic nitrogens is 1. The molecule has 140 valence electrons. The van der Waals surface area contributed by atoms with Gasteiger partial charge in [-0.25, -0.2) is 18.2 Å². The van der Waals surface area contributed by atoms with Crippen LogP contribution in [0.1, 0.15) is 23.8 Å². The molecule has 0 unspecified atom stereocenters. The second-order valence-electron chi connectivity index (χ2n) is 5.83. The maximum atomic E-state index is 12.3. The number of esters is 1. The highest BCUT2D eigenvalue weighted by Crippen LogP contribution is 2.28. The standard InChI is InChI=1S/C16H18N2O5S3/c1-2-18(11-5-7-26(21,22)10-11)14(19)8-23-16(20)12-9-25-15(17-12)13-4-3-6-24-13/h3-4,6,9,11H,2,5,7-8,10H2,1H3/t11-/m1/s1. The number of thiophene rings is 1. The molecule has 1 atom stereocenters. The van der Waals surface area contributed by atoms with Gasteiger partial charge in [-0.3, -0.25) is 4.79 Å². The van der Waals surface area contributed by atoms with E-state index in [1.54, 1.807) is 12.3 Å². The minimum Gasteiger partial charge on any atom is -0.451 e. The Hall–Kier alpha value is -1.78. The summed E-state index contributed by atoms with van der Waals surface area (Å²) >= 11 is 2.86. The van der Waals surface area contributed by atoms with Crippen LogP contribution >= 0.6 is 22.7 Å². The van der Waals surface area contributed by atoms with Crippen molar-refractivity contribution in [3.63, 3.8) is 0 Å². The Morgan fingerprint density at radius 1 is 1.38 bits per heavy atom. The topological polar surface area (TPSA) is 93.6 Å². The lowest BCUT2D eigenvalue weighted by Gasteiger charge is -2.26. The molecule has 1 amide bonds. The van der Waals surface area contributed by atoms with E-state index in [0.29, 0.717) is 13.0 Å². The molecule has 10 heteroatoms. The van der Waals surface area contributed by atoms with Crippen molar-refractivity contribution >= 4 is 44.4 Å². The van der Waals surface area contributed by atoms with Gasteiger partial charge in [0, 0.05) is 18.0 Å². The van der Waals surface area contributed by atoms with Gasteiger partial charge < -0.3 is 9.64 Å². The number of carbonyl (C=O) groups excluding carboxylic acids is 2. The van der Waals surface area contributed by atoms with E-state index < -0.39 is 28.3 Å². The average Bonchev–Trinajstić information content (AvgIpc) is 3.33. The molecule has 3 rings (SSSR count). The first-order valence-electron chi connectivity index (χ1n) is 8.06. The molecule has 0 saturated carbocycles. The van der Waals surface area contributed by atoms with Crippen molar-refractivity contribution in [3.05, 3.63) is 28.6 Å². The molecular weight excluding hydrogens is 396 g/mol. The molecule has 26 heavy (non-hydrogen) atoms. The van der Waals surface area contributed by atoms with E-state index in [9.17, 15) is 18.0 Å². The molecule has 0 aromatic carbocycles. The van der Waals surface area contributed by atoms with Crippen molar-refractivity contribution < 1.29 is 22.7 Å². The number of hydrogen-bond acceptors (Lipinski definition) is 8. The molecule has 1 aliphatic heterocycles. The average molecular weight is 415 g/mol. The van der Waals surface area contributed by atoms with Gasteiger partial charge in [-0.1, -0.05) is 6.07 Å². The summed E-state index contributed by atoms with van der Waals surface area (Å²) in [6.07, 6.45) is 0.423. The number of carbonyl (C=O) groups is 2. The van der Waals surface area contributed by atoms with Crippen LogP contribution in [0.5, 0.6) is 0 Å². The van der Waals surface area contributed by atoms with Crippen LogP contribution in [-0.2, 0) is 19.4 Å². The number of rotatable bonds is 6. The van der Waals surface area contributed by atoms with Crippen LogP contribution in [0, 0.1) is 0 Å². The molecule has 0 bridgehead atoms. The summed E-state index contributed by atoms with van der Waals surface area (Å²) in [5, 5.41) is 4.25. The van der Waals surface area contributed by atoms with Gasteiger partial charge in [0.1, 0.15) is 5.01 Å². The first-order chi connectivity index (χ1) is 12.4. The second-order valence-corrected chi connectivity index (χ2v) is 9.86. The molecule has 0 aliphatic carbocycles. The van der Waals surface area contributed by atoms with Crippen LogP contribution in [0.2, 0.25) is 0 Å². The third-order valence-corrected chi connectivity index (χ3v) is 7.71. The van der Waals surface area contributed by atoms with Crippen molar-refractivity contribution in [2.45, 2.75) is 19.4 Å². The Kier molecular flexibility index (Phi) is 5.73. The first-order valence-corrected chi connectivity index (χ1v) is 11.6. The van der Waals surface area contributed by atoms with E-state index in [4.69, 9.17) is 4.74 Å². The third kappa shape index (κ3) is 4.30. The smallest absolute Gasteiger partial charge is 0.358 e. The van der Waals surface area contributed by atoms with Gasteiger partial charge in [0.05, 0.1) is 16.4 Å². The van der Waals surface area contributed by atoms with Gasteiger partial charge in [0.25, 0.3) is 5.91 Å². The molecule has 0 N–H and O–H groups in total. The highest BCUT2D eigenvalue weighted by atomic mass is 32.2. The van der Waals surface area contributed by atoms with Crippen LogP contribution in [-0.4, -0.2) is 60.9 Å². The van der Waals surface area contributed by atoms with Crippen LogP contribution in [0.15, 0.2) is 22.9 Å². The number of likely N-dealkylation sites (N-methyl/N-ethyl adjacent to an activating group) is 1. The van der Waals surface area contributed by atoms with Crippen molar-refractivity contribution in [1.29, 1.82) is 0 Å². The Morgan fingerprint density at radius 2 is 2.19 bits per heavy atom. The lowest BCUT2D eigenvalue weighted by molar-refractivity contribution is -0.136. The zero-order chi connectivity index (χ0) is 18.7. The number of sulfone groups is 1. The minimum atomic E-state index is -3.09. The molecule has 1 saturated heterocycles. The maximum absolute atomic E-state index is 12.3. The zero-order valence-electron chi connectivity index (χ0n) is 14.1. The van der Waals surface area contributed by atoms with Crippen molar-refractivity contribution in [2.24, 2.45) is 0 Å². The summed E-state index contributed by atoms with van der Waals surface area (Å²) < 4.78 is 28.3. The Balaban J connectivity index is 1.57. The molecule has 2 aromatic rings. The predicted octanol–water partition coefficient (Wildman–Crippen LogP) is 2.06. The molecule has 2 aromatic heterocycles. The number of amides is 1. The summed E-state index contributed by atoms with van der Waals surface area (Å²) in [6, 6.07) is 3.47. The van der Waals surface area contributed by atoms with Gasteiger partial charge in [-0.05, 0) is 24.8 Å². The fraction of sp³-hybridized carbons (Fsp3) is 0.438. The SMILES string of the molecule is CCN(C(=O)COC(=O)c1csc(-c2cccs2)n1)[C@@H]1CCS(=O)(=O)C1. The molecule has 1 fully saturated rings. The number of ether oxygens (including phenoxy) is 1. The highest BCUT2D eigenvalue weighted by Gasteiger charge is 2.34. The lowest BCUT2D eigenvalue weighted by atomic mass is 10.2. The van der Waals surface area contributed by atoms with E-state index in [2.05, 4.69) is 4.98 Å². The molecule has 3 heterocycles. The first kappa shape index (κ1) is 19.0. The van der Waals surface area contributed by atoms with Crippen LogP contribution in [0.4, 0.5) is 0 Å². The third-order valence-electron chi connectivity index (χ3n) is 4.08. The van der Waals surface area contributed by atoms with Crippen molar-refractivity contribution in [1.82, 2.24) is 9.88 Å². The molecule has 0 radical (unpaired) electrons. The number of thiazole rings is 1. The quantitative estimate of drug-likeness (QED) is 0.672. The van der Waals surface area contributed by atoms with E-state index in [0.717, 1.165) is 9.88 Å². The number of nitrogens with zero attached hydrogens (tertiary/aromatic N) is 2. The normalized spacial score (nSPS) is 18.6. The van der Waals surface area contributed by atoms with E-state index in [-0.39, 0.29) is 23.2 Å². The fourth-order valence-electron chi connectivity index (χ4n) is 2.82. The van der Waals surface area contributed by atoms with Gasteiger partial charge >= 0.3 is 5.97 Å². The summed E-state index contributed by atoms with van der Waals surface area (Å²) in [5.41, 5.74) is 0.165. The Morgan fingerprint density at radius 3 is 2.81 bits per heavy atom. The van der Waals surface area contributed by atoms with E-state index in [1.165, 1.54) is 27.6 Å². The van der Waals surface area contributed by atoms with Gasteiger partial charge in [0.15, 0.2) is 22.1 Å². The van der Waals surface area contributed by atoms with Crippen LogP contribution in [0.25, 0.3) is 9.88 Å². The molecule has 7 nitrogen and oxygen atoms in total. The Bertz CT molecular complexity index is 889. The second kappa shape index (κ2) is 7.85. The predicted molar refractivity (Wildman–Crippen MR) is 100 cm³/mol. The van der Waals surface area contributed by atoms with Crippen molar-refractivity contribution in [3.8, 4) is 9.88 Å². The van der Waals surface area contributed by atoms with Crippen LogP contribution in [0.3, 0.4) is 0 Å². The van der Waals surface area contributed by atoms with Crippen LogP contribution < -0.4 is 0 Å². The lowest BCUT2D eigenvalue weighted by Crippen LogP contribution is -2.43. The summed E-state index contributed by atoms with van der Waals surface area (Å²) in [6.45, 7) is 1.73. The van der Waals surface area contributed by atoms with Gasteiger partial charge in [-0.15, -0.1) is 22.7 Å². The monoisotopic (exact) mass is 414 g/mol. The van der Waals surface area contributed by atoms with E-state index >= 15 is 0 Å². The van der Waals surface area contributed by atoms with Gasteiger partial charge in [0.2, 0.25) is 0 Å². The fourth-order valence-corrected chi connectivity index (χ4v) is 6.16. The largest absolute Gasteiger partial charge is 0.451 e. The summed E-state index contributed by atoms with van der Waals surface area (Å²) in [4.78, 5) is 31.1. The van der Waals surface area contributed by atoms with Gasteiger partial charge in [-0.2, -0.15) is 0 Å². The molecular formula is C16H18N2O5S3. The molecule has 0 spiro atoms. The summed E-state index contributed by atoms with van der Waals surface area (Å²) in [7, 11) is -3.09. The Labute approximate surface area is 159 Å². The minimum absolute atomic E-state index is 0.0310. The zero-order valence-corrected chi connectivity index (χ0v) is 16.5. The van der Waals surface area contributed by atoms with E-state index in [1.807, 2.05) is 17.5 Å². The van der Waals surface area contributed by atoms with Crippen molar-refractivity contribution in [2.75, 3.05) is 24.7 Å². The molecule has 1 aliphatic rings. The maximum Gasteiger partial charge on any atom is 0.358 e. The highest BCUT2D eigenvalue weighted by molar-refractivity contribution is 7.91. The number of hydrogen-bond donors (Lipinski definition) is 0.